The third-order valence-electron chi connectivity index (χ3n) is 5.77. The van der Waals surface area contributed by atoms with Crippen LogP contribution in [0.4, 0.5) is 14.9 Å². The number of hydrogen-bond donors (Lipinski definition) is 2. The molecule has 1 saturated carbocycles. The van der Waals surface area contributed by atoms with Crippen molar-refractivity contribution in [1.29, 1.82) is 0 Å². The van der Waals surface area contributed by atoms with Crippen LogP contribution >= 0.6 is 0 Å². The minimum atomic E-state index is -0.552. The fourth-order valence-corrected chi connectivity index (χ4v) is 4.47. The van der Waals surface area contributed by atoms with Gasteiger partial charge in [0, 0.05) is 18.9 Å². The Morgan fingerprint density at radius 3 is 2.96 bits per heavy atom. The Bertz CT molecular complexity index is 796. The second kappa shape index (κ2) is 6.09. The molecule has 0 unspecified atom stereocenters. The fourth-order valence-electron chi connectivity index (χ4n) is 4.47. The lowest BCUT2D eigenvalue weighted by molar-refractivity contribution is -0.119. The summed E-state index contributed by atoms with van der Waals surface area (Å²) in [5, 5.41) is 12.2. The molecule has 1 heterocycles. The number of carbonyl (C=O) groups excluding carboxylic acids is 2. The summed E-state index contributed by atoms with van der Waals surface area (Å²) in [5.74, 6) is -0.261. The van der Waals surface area contributed by atoms with Gasteiger partial charge in [-0.15, -0.1) is 0 Å². The van der Waals surface area contributed by atoms with Crippen molar-refractivity contribution in [1.82, 2.24) is 5.32 Å². The lowest BCUT2D eigenvalue weighted by Gasteiger charge is -2.18. The molecule has 26 heavy (non-hydrogen) atoms. The number of amides is 2. The third kappa shape index (κ3) is 2.49. The number of allylic oxidation sites excluding steroid dienone is 2. The highest BCUT2D eigenvalue weighted by Gasteiger charge is 2.65. The highest BCUT2D eigenvalue weighted by molar-refractivity contribution is 5.90. The van der Waals surface area contributed by atoms with Crippen molar-refractivity contribution < 1.29 is 23.8 Å². The van der Waals surface area contributed by atoms with Gasteiger partial charge in [0.2, 0.25) is 5.91 Å². The van der Waals surface area contributed by atoms with Gasteiger partial charge < -0.3 is 15.2 Å². The average Bonchev–Trinajstić information content (AvgIpc) is 2.90. The van der Waals surface area contributed by atoms with Crippen LogP contribution in [0.15, 0.2) is 30.4 Å². The highest BCUT2D eigenvalue weighted by Crippen LogP contribution is 2.66. The lowest BCUT2D eigenvalue weighted by atomic mass is 9.92. The maximum absolute atomic E-state index is 14.9. The molecule has 1 aliphatic heterocycles. The van der Waals surface area contributed by atoms with Gasteiger partial charge in [0.1, 0.15) is 11.9 Å². The van der Waals surface area contributed by atoms with Crippen molar-refractivity contribution in [3.05, 3.63) is 41.7 Å². The van der Waals surface area contributed by atoms with Crippen LogP contribution in [0.3, 0.4) is 0 Å². The van der Waals surface area contributed by atoms with Crippen LogP contribution in [0, 0.1) is 17.7 Å². The topological polar surface area (TPSA) is 78.9 Å². The standard InChI is InChI=1S/C19H21FN2O4/c1-11(24)21-8-13-9-22(18(25)26-13)12-4-5-15(17(20)7-12)19-6-2-3-14(19)16(19)10-23/h2,4-7,13-14,16,23H,3,8-10H2,1H3,(H,21,24)/t13-,14-,16+,19+/m0/s1. The largest absolute Gasteiger partial charge is 0.442 e. The summed E-state index contributed by atoms with van der Waals surface area (Å²) in [5.41, 5.74) is 0.593. The third-order valence-corrected chi connectivity index (χ3v) is 5.77. The van der Waals surface area contributed by atoms with Gasteiger partial charge in [0.05, 0.1) is 18.8 Å². The number of carbonyl (C=O) groups is 2. The van der Waals surface area contributed by atoms with E-state index in [1.165, 1.54) is 17.9 Å². The fraction of sp³-hybridized carbons (Fsp3) is 0.474. The Morgan fingerprint density at radius 1 is 1.50 bits per heavy atom. The van der Waals surface area contributed by atoms with Crippen molar-refractivity contribution in [2.24, 2.45) is 11.8 Å². The summed E-state index contributed by atoms with van der Waals surface area (Å²) in [6, 6.07) is 4.77. The summed E-state index contributed by atoms with van der Waals surface area (Å²) >= 11 is 0. The molecule has 0 radical (unpaired) electrons. The average molecular weight is 360 g/mol. The van der Waals surface area contributed by atoms with Crippen molar-refractivity contribution in [3.8, 4) is 0 Å². The minimum Gasteiger partial charge on any atom is -0.442 e. The number of halogens is 1. The van der Waals surface area contributed by atoms with Crippen LogP contribution < -0.4 is 10.2 Å². The maximum atomic E-state index is 14.9. The number of benzene rings is 1. The van der Waals surface area contributed by atoms with E-state index in [2.05, 4.69) is 5.32 Å². The predicted octanol–water partition coefficient (Wildman–Crippen LogP) is 1.72. The Kier molecular flexibility index (Phi) is 3.99. The maximum Gasteiger partial charge on any atom is 0.414 e. The molecule has 3 aliphatic rings. The van der Waals surface area contributed by atoms with Crippen molar-refractivity contribution in [3.63, 3.8) is 0 Å². The van der Waals surface area contributed by atoms with Crippen LogP contribution in [0.1, 0.15) is 18.9 Å². The number of aliphatic hydroxyl groups excluding tert-OH is 1. The van der Waals surface area contributed by atoms with Gasteiger partial charge in [-0.05, 0) is 36.0 Å². The Morgan fingerprint density at radius 2 is 2.31 bits per heavy atom. The molecule has 138 valence electrons. The monoisotopic (exact) mass is 360 g/mol. The molecule has 1 aromatic carbocycles. The summed E-state index contributed by atoms with van der Waals surface area (Å²) in [7, 11) is 0. The van der Waals surface area contributed by atoms with Gasteiger partial charge in [-0.1, -0.05) is 18.2 Å². The number of fused-ring (bicyclic) bond motifs is 1. The molecule has 2 fully saturated rings. The number of ether oxygens (including phenoxy) is 1. The first-order valence-corrected chi connectivity index (χ1v) is 8.78. The van der Waals surface area contributed by atoms with E-state index in [1.807, 2.05) is 12.2 Å². The number of anilines is 1. The van der Waals surface area contributed by atoms with E-state index < -0.39 is 17.6 Å². The van der Waals surface area contributed by atoms with Crippen molar-refractivity contribution >= 4 is 17.7 Å². The van der Waals surface area contributed by atoms with Gasteiger partial charge in [-0.2, -0.15) is 0 Å². The molecular weight excluding hydrogens is 339 g/mol. The van der Waals surface area contributed by atoms with Gasteiger partial charge in [0.15, 0.2) is 0 Å². The number of aliphatic hydroxyl groups is 1. The molecule has 0 spiro atoms. The lowest BCUT2D eigenvalue weighted by Crippen LogP contribution is -2.33. The van der Waals surface area contributed by atoms with Crippen LogP contribution in [-0.2, 0) is 14.9 Å². The zero-order valence-electron chi connectivity index (χ0n) is 14.4. The normalized spacial score (nSPS) is 31.7. The van der Waals surface area contributed by atoms with Crippen LogP contribution in [0.25, 0.3) is 0 Å². The zero-order valence-corrected chi connectivity index (χ0v) is 14.4. The number of rotatable bonds is 5. The number of cyclic esters (lactones) is 1. The highest BCUT2D eigenvalue weighted by atomic mass is 19.1. The molecule has 4 atom stereocenters. The molecule has 6 nitrogen and oxygen atoms in total. The van der Waals surface area contributed by atoms with E-state index in [1.54, 1.807) is 12.1 Å². The van der Waals surface area contributed by atoms with Crippen LogP contribution in [-0.4, -0.2) is 42.9 Å². The molecular formula is C19H21FN2O4. The number of nitrogens with one attached hydrogen (secondary N) is 1. The quantitative estimate of drug-likeness (QED) is 0.784. The SMILES string of the molecule is CC(=O)NC[C@H]1CN(c2ccc([C@@]34C=CC[C@H]3[C@H]4CO)c(F)c2)C(=O)O1. The van der Waals surface area contributed by atoms with E-state index >= 15 is 0 Å². The van der Waals surface area contributed by atoms with Crippen molar-refractivity contribution in [2.75, 3.05) is 24.6 Å². The van der Waals surface area contributed by atoms with E-state index in [9.17, 15) is 19.1 Å². The van der Waals surface area contributed by atoms with Gasteiger partial charge in [-0.3, -0.25) is 9.69 Å². The van der Waals surface area contributed by atoms with Gasteiger partial charge >= 0.3 is 6.09 Å². The summed E-state index contributed by atoms with van der Waals surface area (Å²) in [6.07, 6.45) is 3.88. The predicted molar refractivity (Wildman–Crippen MR) is 92.2 cm³/mol. The Hall–Kier alpha value is -2.41. The molecule has 1 saturated heterocycles. The first kappa shape index (κ1) is 17.0. The second-order valence-electron chi connectivity index (χ2n) is 7.18. The van der Waals surface area contributed by atoms with Crippen molar-refractivity contribution in [2.45, 2.75) is 24.9 Å². The zero-order chi connectivity index (χ0) is 18.5. The van der Waals surface area contributed by atoms with E-state index in [0.717, 1.165) is 6.42 Å². The smallest absolute Gasteiger partial charge is 0.414 e. The minimum absolute atomic E-state index is 0.0411. The molecule has 7 heteroatoms. The van der Waals surface area contributed by atoms with Gasteiger partial charge in [0.25, 0.3) is 0 Å². The van der Waals surface area contributed by atoms with Crippen LogP contribution in [0.2, 0.25) is 0 Å². The van der Waals surface area contributed by atoms with Crippen LogP contribution in [0.5, 0.6) is 0 Å². The molecule has 2 aliphatic carbocycles. The molecule has 0 aromatic heterocycles. The van der Waals surface area contributed by atoms with E-state index in [-0.39, 0.29) is 43.3 Å². The molecule has 4 rings (SSSR count). The molecule has 2 amide bonds. The first-order chi connectivity index (χ1) is 12.5. The summed E-state index contributed by atoms with van der Waals surface area (Å²) in [6.45, 7) is 1.92. The molecule has 0 bridgehead atoms. The number of hydrogen-bond acceptors (Lipinski definition) is 4. The van der Waals surface area contributed by atoms with Gasteiger partial charge in [-0.25, -0.2) is 9.18 Å². The first-order valence-electron chi connectivity index (χ1n) is 8.78. The number of nitrogens with zero attached hydrogens (tertiary/aromatic N) is 1. The summed E-state index contributed by atoms with van der Waals surface area (Å²) in [4.78, 5) is 24.4. The summed E-state index contributed by atoms with van der Waals surface area (Å²) < 4.78 is 20.1. The Labute approximate surface area is 150 Å². The molecule has 2 N–H and O–H groups in total. The van der Waals surface area contributed by atoms with E-state index in [0.29, 0.717) is 11.3 Å². The second-order valence-corrected chi connectivity index (χ2v) is 7.18. The molecule has 1 aromatic rings. The Balaban J connectivity index is 1.53. The van der Waals surface area contributed by atoms with E-state index in [4.69, 9.17) is 4.74 Å².